The van der Waals surface area contributed by atoms with Gasteiger partial charge in [-0.1, -0.05) is 30.3 Å². The molecule has 0 saturated heterocycles. The fraction of sp³-hybridized carbons (Fsp3) is 0.375. The topological polar surface area (TPSA) is 54.0 Å². The first kappa shape index (κ1) is 15.7. The lowest BCUT2D eigenvalue weighted by molar-refractivity contribution is -0.118. The summed E-state index contributed by atoms with van der Waals surface area (Å²) in [6.07, 6.45) is 1.89. The molecule has 5 heteroatoms. The third kappa shape index (κ3) is 5.65. The van der Waals surface area contributed by atoms with Gasteiger partial charge in [-0.15, -0.1) is 11.3 Å². The van der Waals surface area contributed by atoms with E-state index in [2.05, 4.69) is 33.1 Å². The van der Waals surface area contributed by atoms with Gasteiger partial charge in [0.25, 0.3) is 0 Å². The van der Waals surface area contributed by atoms with Crippen LogP contribution in [0.3, 0.4) is 0 Å². The number of aromatic nitrogens is 1. The van der Waals surface area contributed by atoms with Crippen molar-refractivity contribution in [2.45, 2.75) is 19.8 Å². The van der Waals surface area contributed by atoms with E-state index in [1.807, 2.05) is 18.2 Å². The van der Waals surface area contributed by atoms with Crippen molar-refractivity contribution in [3.63, 3.8) is 0 Å². The van der Waals surface area contributed by atoms with Crippen molar-refractivity contribution in [3.05, 3.63) is 40.7 Å². The Labute approximate surface area is 129 Å². The lowest BCUT2D eigenvalue weighted by atomic mass is 10.2. The smallest absolute Gasteiger partial charge is 0.216 e. The Bertz CT molecular complexity index is 554. The average molecular weight is 303 g/mol. The number of carbonyl (C=O) groups is 1. The predicted octanol–water partition coefficient (Wildman–Crippen LogP) is 2.47. The van der Waals surface area contributed by atoms with Crippen LogP contribution in [0.25, 0.3) is 11.3 Å². The van der Waals surface area contributed by atoms with Crippen LogP contribution < -0.4 is 10.6 Å². The number of rotatable bonds is 8. The van der Waals surface area contributed by atoms with Gasteiger partial charge in [0.1, 0.15) is 0 Å². The van der Waals surface area contributed by atoms with E-state index >= 15 is 0 Å². The zero-order chi connectivity index (χ0) is 14.9. The van der Waals surface area contributed by atoms with Crippen molar-refractivity contribution < 1.29 is 4.79 Å². The molecule has 2 aromatic rings. The lowest BCUT2D eigenvalue weighted by Crippen LogP contribution is -2.26. The van der Waals surface area contributed by atoms with Crippen molar-refractivity contribution in [3.8, 4) is 11.3 Å². The SMILES string of the molecule is CC(=O)NCCCNCCc1nc(-c2ccccc2)cs1. The molecular formula is C16H21N3OS. The summed E-state index contributed by atoms with van der Waals surface area (Å²) >= 11 is 1.71. The summed E-state index contributed by atoms with van der Waals surface area (Å²) in [6.45, 7) is 4.11. The van der Waals surface area contributed by atoms with Crippen LogP contribution in [0.5, 0.6) is 0 Å². The second-order valence-corrected chi connectivity index (χ2v) is 5.77. The Hall–Kier alpha value is -1.72. The largest absolute Gasteiger partial charge is 0.356 e. The fourth-order valence-corrected chi connectivity index (χ4v) is 2.77. The van der Waals surface area contributed by atoms with Gasteiger partial charge < -0.3 is 10.6 Å². The van der Waals surface area contributed by atoms with Crippen molar-refractivity contribution in [1.29, 1.82) is 0 Å². The molecule has 1 aromatic carbocycles. The van der Waals surface area contributed by atoms with E-state index in [-0.39, 0.29) is 5.91 Å². The van der Waals surface area contributed by atoms with Gasteiger partial charge in [-0.25, -0.2) is 4.98 Å². The summed E-state index contributed by atoms with van der Waals surface area (Å²) in [7, 11) is 0. The van der Waals surface area contributed by atoms with Gasteiger partial charge in [-0.3, -0.25) is 4.79 Å². The molecule has 0 aliphatic carbocycles. The molecule has 2 N–H and O–H groups in total. The van der Waals surface area contributed by atoms with E-state index < -0.39 is 0 Å². The van der Waals surface area contributed by atoms with E-state index in [1.54, 1.807) is 18.3 Å². The first-order valence-corrected chi connectivity index (χ1v) is 8.08. The number of nitrogens with one attached hydrogen (secondary N) is 2. The highest BCUT2D eigenvalue weighted by Crippen LogP contribution is 2.21. The second kappa shape index (κ2) is 8.54. The number of amides is 1. The van der Waals surface area contributed by atoms with Crippen LogP contribution in [0.2, 0.25) is 0 Å². The van der Waals surface area contributed by atoms with Gasteiger partial charge in [-0.05, 0) is 13.0 Å². The van der Waals surface area contributed by atoms with E-state index in [0.717, 1.165) is 43.2 Å². The van der Waals surface area contributed by atoms with E-state index in [9.17, 15) is 4.79 Å². The van der Waals surface area contributed by atoms with Crippen LogP contribution in [0, 0.1) is 0 Å². The van der Waals surface area contributed by atoms with Crippen LogP contribution in [0.1, 0.15) is 18.4 Å². The molecule has 112 valence electrons. The molecule has 0 unspecified atom stereocenters. The summed E-state index contributed by atoms with van der Waals surface area (Å²) in [4.78, 5) is 15.4. The molecule has 2 rings (SSSR count). The first-order valence-electron chi connectivity index (χ1n) is 7.20. The number of benzene rings is 1. The first-order chi connectivity index (χ1) is 10.3. The molecule has 0 saturated carbocycles. The van der Waals surface area contributed by atoms with Gasteiger partial charge in [0.15, 0.2) is 0 Å². The summed E-state index contributed by atoms with van der Waals surface area (Å²) in [5.41, 5.74) is 2.23. The Kier molecular flexibility index (Phi) is 6.37. The van der Waals surface area contributed by atoms with Crippen LogP contribution in [0.4, 0.5) is 0 Å². The zero-order valence-corrected chi connectivity index (χ0v) is 13.1. The zero-order valence-electron chi connectivity index (χ0n) is 12.3. The number of thiazole rings is 1. The summed E-state index contributed by atoms with van der Waals surface area (Å²) in [5, 5.41) is 9.43. The Balaban J connectivity index is 1.66. The molecule has 0 fully saturated rings. The van der Waals surface area contributed by atoms with Gasteiger partial charge in [0.2, 0.25) is 5.91 Å². The lowest BCUT2D eigenvalue weighted by Gasteiger charge is -2.04. The molecule has 0 aliphatic heterocycles. The molecule has 0 aliphatic rings. The molecule has 1 aromatic heterocycles. The minimum absolute atomic E-state index is 0.0335. The van der Waals surface area contributed by atoms with Crippen molar-refractivity contribution in [1.82, 2.24) is 15.6 Å². The highest BCUT2D eigenvalue weighted by atomic mass is 32.1. The molecule has 4 nitrogen and oxygen atoms in total. The van der Waals surface area contributed by atoms with Crippen LogP contribution >= 0.6 is 11.3 Å². The van der Waals surface area contributed by atoms with Crippen LogP contribution in [-0.4, -0.2) is 30.5 Å². The molecule has 1 amide bonds. The van der Waals surface area contributed by atoms with Crippen molar-refractivity contribution in [2.24, 2.45) is 0 Å². The van der Waals surface area contributed by atoms with Crippen LogP contribution in [-0.2, 0) is 11.2 Å². The molecule has 1 heterocycles. The highest BCUT2D eigenvalue weighted by molar-refractivity contribution is 7.09. The Morgan fingerprint density at radius 1 is 1.19 bits per heavy atom. The number of nitrogens with zero attached hydrogens (tertiary/aromatic N) is 1. The molecule has 0 spiro atoms. The Morgan fingerprint density at radius 3 is 2.76 bits per heavy atom. The third-order valence-electron chi connectivity index (χ3n) is 3.04. The molecular weight excluding hydrogens is 282 g/mol. The Morgan fingerprint density at radius 2 is 2.00 bits per heavy atom. The fourth-order valence-electron chi connectivity index (χ4n) is 1.97. The van der Waals surface area contributed by atoms with Gasteiger partial charge >= 0.3 is 0 Å². The molecule has 0 bridgehead atoms. The molecule has 0 radical (unpaired) electrons. The number of carbonyl (C=O) groups excluding carboxylic acids is 1. The number of hydrogen-bond acceptors (Lipinski definition) is 4. The minimum atomic E-state index is 0.0335. The summed E-state index contributed by atoms with van der Waals surface area (Å²) in [5.74, 6) is 0.0335. The van der Waals surface area contributed by atoms with E-state index in [1.165, 1.54) is 5.56 Å². The quantitative estimate of drug-likeness (QED) is 0.737. The molecule has 21 heavy (non-hydrogen) atoms. The van der Waals surface area contributed by atoms with Gasteiger partial charge in [0, 0.05) is 37.4 Å². The van der Waals surface area contributed by atoms with Crippen LogP contribution in [0.15, 0.2) is 35.7 Å². The second-order valence-electron chi connectivity index (χ2n) is 4.83. The maximum absolute atomic E-state index is 10.7. The maximum atomic E-state index is 10.7. The minimum Gasteiger partial charge on any atom is -0.356 e. The van der Waals surface area contributed by atoms with Gasteiger partial charge in [-0.2, -0.15) is 0 Å². The monoisotopic (exact) mass is 303 g/mol. The molecule has 0 atom stereocenters. The maximum Gasteiger partial charge on any atom is 0.216 e. The number of hydrogen-bond donors (Lipinski definition) is 2. The van der Waals surface area contributed by atoms with Gasteiger partial charge in [0.05, 0.1) is 10.7 Å². The van der Waals surface area contributed by atoms with E-state index in [4.69, 9.17) is 0 Å². The normalized spacial score (nSPS) is 10.5. The summed E-state index contributed by atoms with van der Waals surface area (Å²) in [6, 6.07) is 10.2. The standard InChI is InChI=1S/C16H21N3OS/c1-13(20)18-10-5-9-17-11-8-16-19-15(12-21-16)14-6-3-2-4-7-14/h2-4,6-7,12,17H,5,8-11H2,1H3,(H,18,20). The predicted molar refractivity (Wildman–Crippen MR) is 87.4 cm³/mol. The highest BCUT2D eigenvalue weighted by Gasteiger charge is 2.03. The van der Waals surface area contributed by atoms with Crippen molar-refractivity contribution >= 4 is 17.2 Å². The van der Waals surface area contributed by atoms with Crippen molar-refractivity contribution in [2.75, 3.05) is 19.6 Å². The average Bonchev–Trinajstić information content (AvgIpc) is 2.96. The van der Waals surface area contributed by atoms with E-state index in [0.29, 0.717) is 0 Å². The summed E-state index contributed by atoms with van der Waals surface area (Å²) < 4.78 is 0. The third-order valence-corrected chi connectivity index (χ3v) is 3.95.